The van der Waals surface area contributed by atoms with E-state index in [1.165, 1.54) is 0 Å². The van der Waals surface area contributed by atoms with Crippen LogP contribution < -0.4 is 5.32 Å². The number of hydrogen-bond acceptors (Lipinski definition) is 4. The van der Waals surface area contributed by atoms with E-state index in [-0.39, 0.29) is 30.1 Å². The summed E-state index contributed by atoms with van der Waals surface area (Å²) >= 11 is 0. The number of amides is 1. The standard InChI is InChI=1S/C15H26N6O2.HI/c1-3-23-15(22)20-12-10-19(11-13-20)14(16-2)17-6-4-8-21-9-5-7-18-21;/h5,7,9H,3-4,6,8,10-13H2,1-2H3,(H,16,17);1H. The van der Waals surface area contributed by atoms with E-state index in [1.54, 1.807) is 18.1 Å². The first kappa shape index (κ1) is 20.5. The number of carbonyl (C=O) groups is 1. The highest BCUT2D eigenvalue weighted by Gasteiger charge is 2.23. The quantitative estimate of drug-likeness (QED) is 0.316. The molecule has 9 heteroatoms. The zero-order valence-electron chi connectivity index (χ0n) is 14.3. The van der Waals surface area contributed by atoms with Crippen molar-refractivity contribution < 1.29 is 9.53 Å². The van der Waals surface area contributed by atoms with Gasteiger partial charge in [0.05, 0.1) is 6.61 Å². The maximum absolute atomic E-state index is 11.7. The Morgan fingerprint density at radius 3 is 2.58 bits per heavy atom. The lowest BCUT2D eigenvalue weighted by Crippen LogP contribution is -2.54. The maximum Gasteiger partial charge on any atom is 0.409 e. The number of guanidine groups is 1. The van der Waals surface area contributed by atoms with E-state index in [0.29, 0.717) is 19.7 Å². The number of aryl methyl sites for hydroxylation is 1. The molecule has 1 fully saturated rings. The SMILES string of the molecule is CCOC(=O)N1CCN(C(=NC)NCCCn2cccn2)CC1.I. The van der Waals surface area contributed by atoms with Crippen LogP contribution in [-0.2, 0) is 11.3 Å². The average Bonchev–Trinajstić information content (AvgIpc) is 3.09. The maximum atomic E-state index is 11.7. The van der Waals surface area contributed by atoms with Gasteiger partial charge in [-0.05, 0) is 19.4 Å². The first-order valence-electron chi connectivity index (χ1n) is 8.09. The molecule has 2 rings (SSSR count). The van der Waals surface area contributed by atoms with Crippen molar-refractivity contribution in [3.63, 3.8) is 0 Å². The minimum atomic E-state index is -0.227. The van der Waals surface area contributed by atoms with Crippen LogP contribution in [0.2, 0.25) is 0 Å². The summed E-state index contributed by atoms with van der Waals surface area (Å²) in [6.07, 6.45) is 4.50. The molecule has 8 nitrogen and oxygen atoms in total. The smallest absolute Gasteiger partial charge is 0.409 e. The Hall–Kier alpha value is -1.52. The molecule has 24 heavy (non-hydrogen) atoms. The Balaban J connectivity index is 0.00000288. The highest BCUT2D eigenvalue weighted by atomic mass is 127. The summed E-state index contributed by atoms with van der Waals surface area (Å²) in [5.41, 5.74) is 0. The van der Waals surface area contributed by atoms with E-state index >= 15 is 0 Å². The van der Waals surface area contributed by atoms with Gasteiger partial charge in [-0.3, -0.25) is 9.67 Å². The number of carbonyl (C=O) groups excluding carboxylic acids is 1. The van der Waals surface area contributed by atoms with Gasteiger partial charge in [0.1, 0.15) is 0 Å². The number of rotatable bonds is 5. The number of nitrogens with one attached hydrogen (secondary N) is 1. The summed E-state index contributed by atoms with van der Waals surface area (Å²) in [6, 6.07) is 1.93. The third-order valence-corrected chi connectivity index (χ3v) is 3.72. The fourth-order valence-corrected chi connectivity index (χ4v) is 2.52. The molecule has 0 spiro atoms. The lowest BCUT2D eigenvalue weighted by atomic mass is 10.3. The first-order chi connectivity index (χ1) is 11.2. The van der Waals surface area contributed by atoms with Crippen LogP contribution in [-0.4, -0.2) is 78.0 Å². The molecule has 1 aliphatic heterocycles. The second kappa shape index (κ2) is 11.1. The molecule has 136 valence electrons. The third kappa shape index (κ3) is 6.17. The van der Waals surface area contributed by atoms with Crippen LogP contribution in [0.15, 0.2) is 23.5 Å². The lowest BCUT2D eigenvalue weighted by Gasteiger charge is -2.35. The number of piperazine rings is 1. The molecule has 0 saturated carbocycles. The van der Waals surface area contributed by atoms with Gasteiger partial charge in [0.2, 0.25) is 0 Å². The number of halogens is 1. The molecule has 1 aromatic heterocycles. The Bertz CT molecular complexity index is 500. The van der Waals surface area contributed by atoms with Gasteiger partial charge in [-0.1, -0.05) is 0 Å². The van der Waals surface area contributed by atoms with E-state index in [4.69, 9.17) is 4.74 Å². The second-order valence-electron chi connectivity index (χ2n) is 5.27. The fourth-order valence-electron chi connectivity index (χ4n) is 2.52. The van der Waals surface area contributed by atoms with E-state index in [0.717, 1.165) is 38.6 Å². The minimum absolute atomic E-state index is 0. The molecule has 1 aliphatic rings. The molecule has 2 heterocycles. The number of aliphatic imine (C=N–C) groups is 1. The van der Waals surface area contributed by atoms with Crippen molar-refractivity contribution in [2.75, 3.05) is 46.4 Å². The van der Waals surface area contributed by atoms with E-state index in [9.17, 15) is 4.79 Å². The summed E-state index contributed by atoms with van der Waals surface area (Å²) in [6.45, 7) is 6.80. The monoisotopic (exact) mass is 450 g/mol. The van der Waals surface area contributed by atoms with Gasteiger partial charge in [0.15, 0.2) is 5.96 Å². The highest BCUT2D eigenvalue weighted by Crippen LogP contribution is 2.04. The van der Waals surface area contributed by atoms with Gasteiger partial charge < -0.3 is 19.9 Å². The largest absolute Gasteiger partial charge is 0.450 e. The van der Waals surface area contributed by atoms with Gasteiger partial charge in [0, 0.05) is 58.7 Å². The van der Waals surface area contributed by atoms with Crippen molar-refractivity contribution in [2.45, 2.75) is 19.9 Å². The van der Waals surface area contributed by atoms with Crippen molar-refractivity contribution in [2.24, 2.45) is 4.99 Å². The van der Waals surface area contributed by atoms with E-state index in [1.807, 2.05) is 23.9 Å². The van der Waals surface area contributed by atoms with Crippen molar-refractivity contribution in [1.82, 2.24) is 24.9 Å². The second-order valence-corrected chi connectivity index (χ2v) is 5.27. The van der Waals surface area contributed by atoms with Gasteiger partial charge in [0.25, 0.3) is 0 Å². The number of hydrogen-bond donors (Lipinski definition) is 1. The van der Waals surface area contributed by atoms with Crippen LogP contribution in [0.1, 0.15) is 13.3 Å². The van der Waals surface area contributed by atoms with E-state index in [2.05, 4.69) is 20.3 Å². The van der Waals surface area contributed by atoms with Crippen molar-refractivity contribution in [3.05, 3.63) is 18.5 Å². The zero-order valence-corrected chi connectivity index (χ0v) is 16.7. The van der Waals surface area contributed by atoms with Crippen molar-refractivity contribution in [1.29, 1.82) is 0 Å². The van der Waals surface area contributed by atoms with Crippen molar-refractivity contribution >= 4 is 36.0 Å². The van der Waals surface area contributed by atoms with E-state index < -0.39 is 0 Å². The lowest BCUT2D eigenvalue weighted by molar-refractivity contribution is 0.0914. The number of nitrogens with zero attached hydrogens (tertiary/aromatic N) is 5. The fraction of sp³-hybridized carbons (Fsp3) is 0.667. The molecule has 0 aliphatic carbocycles. The molecular weight excluding hydrogens is 423 g/mol. The van der Waals surface area contributed by atoms with Crippen LogP contribution in [0.4, 0.5) is 4.79 Å². The molecule has 1 aromatic rings. The molecule has 0 bridgehead atoms. The van der Waals surface area contributed by atoms with Gasteiger partial charge in [-0.25, -0.2) is 4.79 Å². The average molecular weight is 450 g/mol. The van der Waals surface area contributed by atoms with Gasteiger partial charge in [-0.2, -0.15) is 5.10 Å². The molecule has 0 unspecified atom stereocenters. The molecule has 0 radical (unpaired) electrons. The molecule has 1 amide bonds. The summed E-state index contributed by atoms with van der Waals surface area (Å²) in [4.78, 5) is 19.9. The van der Waals surface area contributed by atoms with Crippen molar-refractivity contribution in [3.8, 4) is 0 Å². The van der Waals surface area contributed by atoms with Crippen LogP contribution >= 0.6 is 24.0 Å². The summed E-state index contributed by atoms with van der Waals surface area (Å²) < 4.78 is 6.95. The molecule has 0 aromatic carbocycles. The van der Waals surface area contributed by atoms with Crippen LogP contribution in [0.5, 0.6) is 0 Å². The van der Waals surface area contributed by atoms with Crippen LogP contribution in [0, 0.1) is 0 Å². The molecule has 1 N–H and O–H groups in total. The number of ether oxygens (including phenoxy) is 1. The molecular formula is C15H27IN6O2. The predicted molar refractivity (Wildman–Crippen MR) is 104 cm³/mol. The molecule has 0 atom stereocenters. The summed E-state index contributed by atoms with van der Waals surface area (Å²) in [7, 11) is 1.79. The van der Waals surface area contributed by atoms with Gasteiger partial charge in [-0.15, -0.1) is 24.0 Å². The van der Waals surface area contributed by atoms with Crippen LogP contribution in [0.25, 0.3) is 0 Å². The van der Waals surface area contributed by atoms with Gasteiger partial charge >= 0.3 is 6.09 Å². The Labute approximate surface area is 160 Å². The minimum Gasteiger partial charge on any atom is -0.450 e. The topological polar surface area (TPSA) is 75.0 Å². The Kier molecular flexibility index (Phi) is 9.50. The Morgan fingerprint density at radius 2 is 2.00 bits per heavy atom. The normalized spacial score (nSPS) is 15.0. The van der Waals surface area contributed by atoms with Crippen LogP contribution in [0.3, 0.4) is 0 Å². The Morgan fingerprint density at radius 1 is 1.29 bits per heavy atom. The number of aromatic nitrogens is 2. The predicted octanol–water partition coefficient (Wildman–Crippen LogP) is 1.24. The third-order valence-electron chi connectivity index (χ3n) is 3.72. The zero-order chi connectivity index (χ0) is 16.5. The summed E-state index contributed by atoms with van der Waals surface area (Å²) in [5, 5.41) is 7.55. The first-order valence-corrected chi connectivity index (χ1v) is 8.09. The molecule has 1 saturated heterocycles. The highest BCUT2D eigenvalue weighted by molar-refractivity contribution is 14.0. The summed E-state index contributed by atoms with van der Waals surface area (Å²) in [5.74, 6) is 0.883.